The molecule has 136 valence electrons. The smallest absolute Gasteiger partial charge is 0.439 e. The minimum atomic E-state index is -1.03. The first-order valence-corrected chi connectivity index (χ1v) is 8.44. The SMILES string of the molecule is CC(=O)NC[C@@H]1OC(=O)N(F)C1c1ccc(N2CCNC(C)C2)cc1. The molecule has 2 aliphatic rings. The Kier molecular flexibility index (Phi) is 5.08. The molecule has 0 aromatic heterocycles. The Bertz CT molecular complexity index is 639. The largest absolute Gasteiger partial charge is 0.440 e. The Labute approximate surface area is 146 Å². The van der Waals surface area contributed by atoms with Crippen molar-refractivity contribution in [3.05, 3.63) is 29.8 Å². The lowest BCUT2D eigenvalue weighted by Crippen LogP contribution is -2.49. The van der Waals surface area contributed by atoms with Crippen LogP contribution in [0.15, 0.2) is 24.3 Å². The van der Waals surface area contributed by atoms with Crippen LogP contribution >= 0.6 is 0 Å². The van der Waals surface area contributed by atoms with Crippen LogP contribution in [0.4, 0.5) is 15.0 Å². The Morgan fingerprint density at radius 1 is 1.40 bits per heavy atom. The van der Waals surface area contributed by atoms with E-state index < -0.39 is 18.2 Å². The highest BCUT2D eigenvalue weighted by Crippen LogP contribution is 2.34. The Morgan fingerprint density at radius 3 is 2.76 bits per heavy atom. The molecule has 2 aliphatic heterocycles. The molecule has 2 N–H and O–H groups in total. The molecule has 7 nitrogen and oxygen atoms in total. The van der Waals surface area contributed by atoms with Crippen LogP contribution in [0.3, 0.4) is 0 Å². The van der Waals surface area contributed by atoms with E-state index in [0.717, 1.165) is 25.3 Å². The van der Waals surface area contributed by atoms with E-state index in [9.17, 15) is 14.1 Å². The molecule has 0 saturated carbocycles. The van der Waals surface area contributed by atoms with Gasteiger partial charge in [0.1, 0.15) is 12.1 Å². The van der Waals surface area contributed by atoms with Gasteiger partial charge in [-0.15, -0.1) is 5.12 Å². The number of anilines is 1. The van der Waals surface area contributed by atoms with Crippen LogP contribution in [0.25, 0.3) is 0 Å². The quantitative estimate of drug-likeness (QED) is 0.803. The van der Waals surface area contributed by atoms with Gasteiger partial charge in [0.2, 0.25) is 5.91 Å². The number of nitrogens with one attached hydrogen (secondary N) is 2. The molecule has 3 atom stereocenters. The van der Waals surface area contributed by atoms with Crippen molar-refractivity contribution in [2.75, 3.05) is 31.1 Å². The predicted octanol–water partition coefficient (Wildman–Crippen LogP) is 1.37. The van der Waals surface area contributed by atoms with Gasteiger partial charge in [0.15, 0.2) is 0 Å². The molecule has 2 heterocycles. The van der Waals surface area contributed by atoms with Crippen molar-refractivity contribution in [3.63, 3.8) is 0 Å². The summed E-state index contributed by atoms with van der Waals surface area (Å²) in [6.45, 7) is 6.31. The summed E-state index contributed by atoms with van der Waals surface area (Å²) in [4.78, 5) is 24.9. The molecule has 0 bridgehead atoms. The van der Waals surface area contributed by atoms with E-state index in [1.807, 2.05) is 24.3 Å². The van der Waals surface area contributed by atoms with Crippen molar-refractivity contribution in [1.29, 1.82) is 0 Å². The van der Waals surface area contributed by atoms with Crippen LogP contribution in [0.1, 0.15) is 25.5 Å². The standard InChI is InChI=1S/C17H23FN4O3/c1-11-10-21(8-7-19-11)14-5-3-13(4-6-14)16-15(9-20-12(2)23)25-17(24)22(16)18/h3-6,11,15-16,19H,7-10H2,1-2H3,(H,20,23)/t11?,15-,16?/m0/s1. The lowest BCUT2D eigenvalue weighted by atomic mass is 10.0. The monoisotopic (exact) mass is 350 g/mol. The predicted molar refractivity (Wildman–Crippen MR) is 90.8 cm³/mol. The van der Waals surface area contributed by atoms with Gasteiger partial charge in [-0.05, 0) is 24.6 Å². The van der Waals surface area contributed by atoms with E-state index in [1.54, 1.807) is 0 Å². The minimum absolute atomic E-state index is 0.0726. The molecule has 1 aromatic carbocycles. The Hall–Kier alpha value is -2.35. The second-order valence-electron chi connectivity index (χ2n) is 6.51. The summed E-state index contributed by atoms with van der Waals surface area (Å²) in [6.07, 6.45) is -1.79. The van der Waals surface area contributed by atoms with Crippen molar-refractivity contribution in [3.8, 4) is 0 Å². The first kappa shape index (κ1) is 17.5. The number of hydrogen-bond donors (Lipinski definition) is 2. The number of amides is 2. The minimum Gasteiger partial charge on any atom is -0.440 e. The molecule has 0 aliphatic carbocycles. The number of nitrogens with zero attached hydrogens (tertiary/aromatic N) is 2. The van der Waals surface area contributed by atoms with E-state index in [-0.39, 0.29) is 17.6 Å². The zero-order valence-corrected chi connectivity index (χ0v) is 14.4. The number of carbonyl (C=O) groups excluding carboxylic acids is 2. The van der Waals surface area contributed by atoms with Crippen molar-refractivity contribution >= 4 is 17.7 Å². The number of cyclic esters (lactones) is 1. The lowest BCUT2D eigenvalue weighted by Gasteiger charge is -2.33. The van der Waals surface area contributed by atoms with Gasteiger partial charge in [-0.3, -0.25) is 4.79 Å². The molecule has 2 unspecified atom stereocenters. The second-order valence-corrected chi connectivity index (χ2v) is 6.51. The second kappa shape index (κ2) is 7.26. The maximum atomic E-state index is 14.2. The van der Waals surface area contributed by atoms with E-state index in [1.165, 1.54) is 6.92 Å². The van der Waals surface area contributed by atoms with Gasteiger partial charge in [-0.2, -0.15) is 0 Å². The average Bonchev–Trinajstić information content (AvgIpc) is 2.87. The van der Waals surface area contributed by atoms with Crippen LogP contribution < -0.4 is 15.5 Å². The number of piperazine rings is 1. The summed E-state index contributed by atoms with van der Waals surface area (Å²) in [6, 6.07) is 7.02. The number of hydrogen-bond acceptors (Lipinski definition) is 5. The molecule has 1 aromatic rings. The molecule has 8 heteroatoms. The average molecular weight is 350 g/mol. The summed E-state index contributed by atoms with van der Waals surface area (Å²) in [5, 5.41) is 6.05. The number of carbonyl (C=O) groups is 2. The van der Waals surface area contributed by atoms with Crippen LogP contribution in [0.5, 0.6) is 0 Å². The normalized spacial score (nSPS) is 26.5. The summed E-state index contributed by atoms with van der Waals surface area (Å²) < 4.78 is 19.2. The maximum Gasteiger partial charge on any atom is 0.439 e. The van der Waals surface area contributed by atoms with E-state index in [4.69, 9.17) is 4.74 Å². The first-order chi connectivity index (χ1) is 12.0. The van der Waals surface area contributed by atoms with Crippen molar-refractivity contribution in [2.45, 2.75) is 32.0 Å². The van der Waals surface area contributed by atoms with Gasteiger partial charge >= 0.3 is 6.09 Å². The molecule has 3 rings (SSSR count). The highest BCUT2D eigenvalue weighted by molar-refractivity contribution is 5.73. The van der Waals surface area contributed by atoms with Gasteiger partial charge in [0, 0.05) is 38.3 Å². The van der Waals surface area contributed by atoms with Crippen LogP contribution in [0, 0.1) is 0 Å². The van der Waals surface area contributed by atoms with Gasteiger partial charge in [0.05, 0.1) is 6.54 Å². The molecular weight excluding hydrogens is 327 g/mol. The number of halogens is 1. The number of benzene rings is 1. The van der Waals surface area contributed by atoms with Gasteiger partial charge in [-0.1, -0.05) is 16.6 Å². The highest BCUT2D eigenvalue weighted by Gasteiger charge is 2.43. The van der Waals surface area contributed by atoms with Crippen molar-refractivity contribution in [2.24, 2.45) is 0 Å². The van der Waals surface area contributed by atoms with Crippen molar-refractivity contribution in [1.82, 2.24) is 15.8 Å². The van der Waals surface area contributed by atoms with Gasteiger partial charge in [-0.25, -0.2) is 4.79 Å². The van der Waals surface area contributed by atoms with Crippen LogP contribution in [-0.4, -0.2) is 55.4 Å². The van der Waals surface area contributed by atoms with Crippen LogP contribution in [0.2, 0.25) is 0 Å². The summed E-state index contributed by atoms with van der Waals surface area (Å²) in [5.74, 6) is -0.254. The Balaban J connectivity index is 1.74. The van der Waals surface area contributed by atoms with E-state index in [0.29, 0.717) is 11.6 Å². The number of ether oxygens (including phenoxy) is 1. The molecule has 0 spiro atoms. The summed E-state index contributed by atoms with van der Waals surface area (Å²) >= 11 is 0. The van der Waals surface area contributed by atoms with Gasteiger partial charge < -0.3 is 20.3 Å². The maximum absolute atomic E-state index is 14.2. The lowest BCUT2D eigenvalue weighted by molar-refractivity contribution is -0.119. The third-order valence-electron chi connectivity index (χ3n) is 4.54. The highest BCUT2D eigenvalue weighted by atomic mass is 19.2. The van der Waals surface area contributed by atoms with E-state index >= 15 is 0 Å². The third-order valence-corrected chi connectivity index (χ3v) is 4.54. The zero-order valence-electron chi connectivity index (χ0n) is 14.4. The molecule has 2 amide bonds. The summed E-state index contributed by atoms with van der Waals surface area (Å²) in [7, 11) is 0. The first-order valence-electron chi connectivity index (χ1n) is 8.44. The fraction of sp³-hybridized carbons (Fsp3) is 0.529. The molecule has 25 heavy (non-hydrogen) atoms. The fourth-order valence-electron chi connectivity index (χ4n) is 3.30. The van der Waals surface area contributed by atoms with Gasteiger partial charge in [0.25, 0.3) is 0 Å². The van der Waals surface area contributed by atoms with E-state index in [2.05, 4.69) is 22.5 Å². The molecular formula is C17H23FN4O3. The zero-order chi connectivity index (χ0) is 18.0. The molecule has 2 saturated heterocycles. The topological polar surface area (TPSA) is 73.9 Å². The Morgan fingerprint density at radius 2 is 2.12 bits per heavy atom. The van der Waals surface area contributed by atoms with Crippen molar-refractivity contribution < 1.29 is 18.8 Å². The summed E-state index contributed by atoms with van der Waals surface area (Å²) in [5.41, 5.74) is 1.70. The fourth-order valence-corrected chi connectivity index (χ4v) is 3.30. The molecule has 2 fully saturated rings. The molecule has 0 radical (unpaired) electrons. The number of rotatable bonds is 4. The van der Waals surface area contributed by atoms with Crippen LogP contribution in [-0.2, 0) is 9.53 Å². The third kappa shape index (κ3) is 3.84.